The maximum Gasteiger partial charge on any atom is 0.233 e. The first kappa shape index (κ1) is 20.3. The van der Waals surface area contributed by atoms with Gasteiger partial charge in [-0.25, -0.2) is 9.97 Å². The zero-order chi connectivity index (χ0) is 21.5. The number of carbonyl (C=O) groups is 1. The molecule has 2 aliphatic heterocycles. The van der Waals surface area contributed by atoms with Crippen molar-refractivity contribution in [3.8, 4) is 11.5 Å². The first-order valence-corrected chi connectivity index (χ1v) is 13.2. The lowest BCUT2D eigenvalue weighted by atomic mass is 9.97. The molecule has 1 amide bonds. The number of hydrogen-bond acceptors (Lipinski definition) is 7. The summed E-state index contributed by atoms with van der Waals surface area (Å²) in [6.07, 6.45) is 8.36. The molecule has 3 aliphatic rings. The molecule has 32 heavy (non-hydrogen) atoms. The van der Waals surface area contributed by atoms with Gasteiger partial charge in [0.15, 0.2) is 11.5 Å². The predicted molar refractivity (Wildman–Crippen MR) is 126 cm³/mol. The van der Waals surface area contributed by atoms with E-state index in [4.69, 9.17) is 9.47 Å². The summed E-state index contributed by atoms with van der Waals surface area (Å²) in [5, 5.41) is 2.15. The van der Waals surface area contributed by atoms with Gasteiger partial charge < -0.3 is 14.4 Å². The van der Waals surface area contributed by atoms with Crippen LogP contribution in [-0.4, -0.2) is 46.3 Å². The Labute approximate surface area is 195 Å². The molecule has 1 saturated heterocycles. The Morgan fingerprint density at radius 2 is 2.00 bits per heavy atom. The molecule has 4 heterocycles. The standard InChI is InChI=1S/C24H25N3O3S2/c28-21(13-31-23-22-16-4-1-2-6-20(16)32-24(22)26-14-25-23)27-9-3-5-17(27)15-7-8-18-19(12-15)30-11-10-29-18/h7-8,12,14,17H,1-6,9-11,13H2/t17-/m0/s1. The lowest BCUT2D eigenvalue weighted by Crippen LogP contribution is -2.32. The first-order chi connectivity index (χ1) is 15.8. The number of benzene rings is 1. The van der Waals surface area contributed by atoms with E-state index in [1.807, 2.05) is 17.0 Å². The van der Waals surface area contributed by atoms with E-state index in [0.717, 1.165) is 59.1 Å². The Morgan fingerprint density at radius 1 is 1.12 bits per heavy atom. The molecule has 0 radical (unpaired) electrons. The summed E-state index contributed by atoms with van der Waals surface area (Å²) in [7, 11) is 0. The highest BCUT2D eigenvalue weighted by atomic mass is 32.2. The molecule has 8 heteroatoms. The summed E-state index contributed by atoms with van der Waals surface area (Å²) in [6, 6.07) is 6.18. The smallest absolute Gasteiger partial charge is 0.233 e. The van der Waals surface area contributed by atoms with Crippen molar-refractivity contribution in [1.29, 1.82) is 0 Å². The summed E-state index contributed by atoms with van der Waals surface area (Å²) in [6.45, 7) is 1.95. The zero-order valence-electron chi connectivity index (χ0n) is 17.8. The van der Waals surface area contributed by atoms with Crippen LogP contribution in [0.1, 0.15) is 47.7 Å². The van der Waals surface area contributed by atoms with Gasteiger partial charge in [-0.1, -0.05) is 17.8 Å². The second-order valence-electron chi connectivity index (χ2n) is 8.51. The van der Waals surface area contributed by atoms with E-state index in [2.05, 4.69) is 16.0 Å². The fraction of sp³-hybridized carbons (Fsp3) is 0.458. The molecule has 6 nitrogen and oxygen atoms in total. The van der Waals surface area contributed by atoms with Crippen LogP contribution in [0.2, 0.25) is 0 Å². The van der Waals surface area contributed by atoms with E-state index in [9.17, 15) is 4.79 Å². The average Bonchev–Trinajstić information content (AvgIpc) is 3.47. The molecule has 0 spiro atoms. The Morgan fingerprint density at radius 3 is 2.94 bits per heavy atom. The number of nitrogens with zero attached hydrogens (tertiary/aromatic N) is 3. The van der Waals surface area contributed by atoms with Crippen molar-refractivity contribution in [1.82, 2.24) is 14.9 Å². The van der Waals surface area contributed by atoms with Gasteiger partial charge in [-0.15, -0.1) is 11.3 Å². The predicted octanol–water partition coefficient (Wildman–Crippen LogP) is 4.80. The minimum absolute atomic E-state index is 0.0956. The van der Waals surface area contributed by atoms with Gasteiger partial charge in [0, 0.05) is 16.8 Å². The number of likely N-dealkylation sites (tertiary alicyclic amines) is 1. The van der Waals surface area contributed by atoms with Crippen LogP contribution in [0.25, 0.3) is 10.2 Å². The van der Waals surface area contributed by atoms with Gasteiger partial charge in [0.2, 0.25) is 5.91 Å². The second kappa shape index (κ2) is 8.56. The number of hydrogen-bond donors (Lipinski definition) is 0. The van der Waals surface area contributed by atoms with Crippen molar-refractivity contribution < 1.29 is 14.3 Å². The number of rotatable bonds is 4. The van der Waals surface area contributed by atoms with Gasteiger partial charge in [0.1, 0.15) is 29.4 Å². The highest BCUT2D eigenvalue weighted by Crippen LogP contribution is 2.41. The molecule has 166 valence electrons. The molecule has 1 aliphatic carbocycles. The van der Waals surface area contributed by atoms with E-state index >= 15 is 0 Å². The van der Waals surface area contributed by atoms with Crippen molar-refractivity contribution in [2.45, 2.75) is 49.6 Å². The van der Waals surface area contributed by atoms with Crippen LogP contribution in [0.5, 0.6) is 11.5 Å². The topological polar surface area (TPSA) is 64.6 Å². The van der Waals surface area contributed by atoms with Crippen LogP contribution >= 0.6 is 23.1 Å². The van der Waals surface area contributed by atoms with Crippen molar-refractivity contribution >= 4 is 39.2 Å². The Hall–Kier alpha value is -2.32. The maximum atomic E-state index is 13.3. The summed E-state index contributed by atoms with van der Waals surface area (Å²) in [5.41, 5.74) is 2.54. The third-order valence-electron chi connectivity index (χ3n) is 6.57. The molecule has 2 aromatic heterocycles. The van der Waals surface area contributed by atoms with E-state index in [1.54, 1.807) is 29.4 Å². The Bertz CT molecular complexity index is 1180. The average molecular weight is 468 g/mol. The molecular weight excluding hydrogens is 442 g/mol. The van der Waals surface area contributed by atoms with Gasteiger partial charge in [-0.2, -0.15) is 0 Å². The van der Waals surface area contributed by atoms with Crippen LogP contribution in [0.4, 0.5) is 0 Å². The van der Waals surface area contributed by atoms with E-state index in [1.165, 1.54) is 28.7 Å². The number of amides is 1. The molecule has 3 aromatic rings. The maximum absolute atomic E-state index is 13.3. The third-order valence-corrected chi connectivity index (χ3v) is 8.75. The van der Waals surface area contributed by atoms with E-state index in [-0.39, 0.29) is 11.9 Å². The molecule has 1 aromatic carbocycles. The molecule has 0 unspecified atom stereocenters. The van der Waals surface area contributed by atoms with Gasteiger partial charge in [0.05, 0.1) is 11.8 Å². The molecule has 1 atom stereocenters. The molecule has 0 bridgehead atoms. The van der Waals surface area contributed by atoms with Crippen molar-refractivity contribution in [2.24, 2.45) is 0 Å². The number of carbonyl (C=O) groups excluding carboxylic acids is 1. The largest absolute Gasteiger partial charge is 0.486 e. The van der Waals surface area contributed by atoms with Crippen LogP contribution < -0.4 is 9.47 Å². The molecule has 0 saturated carbocycles. The number of aromatic nitrogens is 2. The van der Waals surface area contributed by atoms with Gasteiger partial charge in [-0.05, 0) is 61.8 Å². The normalized spacial score (nSPS) is 19.9. The second-order valence-corrected chi connectivity index (χ2v) is 10.6. The number of ether oxygens (including phenoxy) is 2. The Balaban J connectivity index is 1.20. The molecule has 6 rings (SSSR count). The highest BCUT2D eigenvalue weighted by Gasteiger charge is 2.31. The van der Waals surface area contributed by atoms with Gasteiger partial charge >= 0.3 is 0 Å². The van der Waals surface area contributed by atoms with Crippen LogP contribution in [0, 0.1) is 0 Å². The minimum Gasteiger partial charge on any atom is -0.486 e. The molecule has 1 fully saturated rings. The Kier molecular flexibility index (Phi) is 5.43. The minimum atomic E-state index is 0.0956. The summed E-state index contributed by atoms with van der Waals surface area (Å²) in [5.74, 6) is 2.15. The van der Waals surface area contributed by atoms with E-state index in [0.29, 0.717) is 19.0 Å². The first-order valence-electron chi connectivity index (χ1n) is 11.3. The number of aryl methyl sites for hydroxylation is 2. The van der Waals surface area contributed by atoms with Gasteiger partial charge in [-0.3, -0.25) is 4.79 Å². The zero-order valence-corrected chi connectivity index (χ0v) is 19.5. The summed E-state index contributed by atoms with van der Waals surface area (Å²) >= 11 is 3.36. The molecule has 0 N–H and O–H groups in total. The van der Waals surface area contributed by atoms with Crippen molar-refractivity contribution in [3.63, 3.8) is 0 Å². The van der Waals surface area contributed by atoms with Crippen molar-refractivity contribution in [2.75, 3.05) is 25.5 Å². The highest BCUT2D eigenvalue weighted by molar-refractivity contribution is 8.00. The SMILES string of the molecule is O=C(CSc1ncnc2sc3c(c12)CCCC3)N1CCC[C@H]1c1ccc2c(c1)OCCO2. The fourth-order valence-electron chi connectivity index (χ4n) is 5.06. The molecular formula is C24H25N3O3S2. The lowest BCUT2D eigenvalue weighted by molar-refractivity contribution is -0.129. The monoisotopic (exact) mass is 467 g/mol. The van der Waals surface area contributed by atoms with Gasteiger partial charge in [0.25, 0.3) is 0 Å². The summed E-state index contributed by atoms with van der Waals surface area (Å²) in [4.78, 5) is 26.9. The number of thioether (sulfide) groups is 1. The van der Waals surface area contributed by atoms with Crippen LogP contribution in [0.3, 0.4) is 0 Å². The quantitative estimate of drug-likeness (QED) is 0.406. The number of thiophene rings is 1. The fourth-order valence-corrected chi connectivity index (χ4v) is 7.27. The lowest BCUT2D eigenvalue weighted by Gasteiger charge is -2.26. The number of fused-ring (bicyclic) bond motifs is 4. The van der Waals surface area contributed by atoms with Crippen LogP contribution in [-0.2, 0) is 17.6 Å². The van der Waals surface area contributed by atoms with E-state index < -0.39 is 0 Å². The van der Waals surface area contributed by atoms with Crippen molar-refractivity contribution in [3.05, 3.63) is 40.5 Å². The van der Waals surface area contributed by atoms with Crippen LogP contribution in [0.15, 0.2) is 29.6 Å². The summed E-state index contributed by atoms with van der Waals surface area (Å²) < 4.78 is 11.4. The third kappa shape index (κ3) is 3.63.